The molecule has 7 heteroatoms. The lowest BCUT2D eigenvalue weighted by Gasteiger charge is -2.25. The Kier molecular flexibility index (Phi) is 8.07. The third-order valence-electron chi connectivity index (χ3n) is 4.65. The van der Waals surface area contributed by atoms with E-state index in [1.165, 1.54) is 23.1 Å². The van der Waals surface area contributed by atoms with Gasteiger partial charge in [-0.05, 0) is 51.1 Å². The van der Waals surface area contributed by atoms with Crippen molar-refractivity contribution in [3.05, 3.63) is 58.9 Å². The molecule has 1 N–H and O–H groups in total. The summed E-state index contributed by atoms with van der Waals surface area (Å²) in [6, 6.07) is 11.9. The SMILES string of the molecule is Cc1cc(C)c(NC(=O)CN(C)CC(=O)N(CCC#N)c2ccccc2F)c(C)c1. The third-order valence-corrected chi connectivity index (χ3v) is 4.65. The number of aryl methyl sites for hydroxylation is 3. The van der Waals surface area contributed by atoms with Gasteiger partial charge >= 0.3 is 0 Å². The molecule has 30 heavy (non-hydrogen) atoms. The van der Waals surface area contributed by atoms with Gasteiger partial charge in [-0.2, -0.15) is 5.26 Å². The minimum Gasteiger partial charge on any atom is -0.324 e. The molecule has 6 nitrogen and oxygen atoms in total. The average molecular weight is 410 g/mol. The zero-order valence-electron chi connectivity index (χ0n) is 17.8. The van der Waals surface area contributed by atoms with Crippen LogP contribution in [0.1, 0.15) is 23.1 Å². The van der Waals surface area contributed by atoms with Gasteiger partial charge in [0.1, 0.15) is 5.82 Å². The second-order valence-electron chi connectivity index (χ2n) is 7.40. The average Bonchev–Trinajstić information content (AvgIpc) is 2.66. The first-order valence-electron chi connectivity index (χ1n) is 9.71. The molecule has 158 valence electrons. The highest BCUT2D eigenvalue weighted by molar-refractivity contribution is 5.96. The maximum atomic E-state index is 14.2. The fraction of sp³-hybridized carbons (Fsp3) is 0.348. The third kappa shape index (κ3) is 6.13. The summed E-state index contributed by atoms with van der Waals surface area (Å²) in [6.45, 7) is 5.87. The van der Waals surface area contributed by atoms with E-state index in [0.717, 1.165) is 22.4 Å². The number of benzene rings is 2. The molecule has 0 saturated carbocycles. The van der Waals surface area contributed by atoms with Gasteiger partial charge in [0.2, 0.25) is 11.8 Å². The number of nitriles is 1. The van der Waals surface area contributed by atoms with E-state index in [0.29, 0.717) is 0 Å². The van der Waals surface area contributed by atoms with Crippen LogP contribution in [0, 0.1) is 37.9 Å². The van der Waals surface area contributed by atoms with Crippen molar-refractivity contribution >= 4 is 23.2 Å². The Morgan fingerprint density at radius 2 is 1.73 bits per heavy atom. The molecule has 0 aliphatic carbocycles. The van der Waals surface area contributed by atoms with Crippen LogP contribution in [-0.2, 0) is 9.59 Å². The predicted molar refractivity (Wildman–Crippen MR) is 116 cm³/mol. The second-order valence-corrected chi connectivity index (χ2v) is 7.40. The molecule has 0 radical (unpaired) electrons. The van der Waals surface area contributed by atoms with E-state index >= 15 is 0 Å². The van der Waals surface area contributed by atoms with E-state index in [-0.39, 0.29) is 43.6 Å². The summed E-state index contributed by atoms with van der Waals surface area (Å²) in [5, 5.41) is 11.8. The number of para-hydroxylation sites is 1. The minimum absolute atomic E-state index is 0.00184. The number of hydrogen-bond donors (Lipinski definition) is 1. The molecule has 2 amide bonds. The van der Waals surface area contributed by atoms with Gasteiger partial charge in [-0.3, -0.25) is 14.5 Å². The Morgan fingerprint density at radius 3 is 2.33 bits per heavy atom. The Labute approximate surface area is 176 Å². The van der Waals surface area contributed by atoms with E-state index in [1.807, 2.05) is 39.0 Å². The molecule has 2 aromatic rings. The highest BCUT2D eigenvalue weighted by Gasteiger charge is 2.21. The van der Waals surface area contributed by atoms with Crippen molar-refractivity contribution in [3.8, 4) is 6.07 Å². The summed E-state index contributed by atoms with van der Waals surface area (Å²) in [4.78, 5) is 28.1. The van der Waals surface area contributed by atoms with Gasteiger partial charge in [-0.25, -0.2) is 4.39 Å². The summed E-state index contributed by atoms with van der Waals surface area (Å²) >= 11 is 0. The monoisotopic (exact) mass is 410 g/mol. The molecular formula is C23H27FN4O2. The van der Waals surface area contributed by atoms with Crippen LogP contribution in [0.25, 0.3) is 0 Å². The second kappa shape index (κ2) is 10.5. The van der Waals surface area contributed by atoms with Gasteiger partial charge in [0.25, 0.3) is 0 Å². The highest BCUT2D eigenvalue weighted by Crippen LogP contribution is 2.22. The Hall–Kier alpha value is -3.24. The van der Waals surface area contributed by atoms with Crippen molar-refractivity contribution in [1.82, 2.24) is 4.90 Å². The molecule has 2 aromatic carbocycles. The van der Waals surface area contributed by atoms with E-state index in [2.05, 4.69) is 5.32 Å². The Morgan fingerprint density at radius 1 is 1.10 bits per heavy atom. The van der Waals surface area contributed by atoms with Gasteiger partial charge in [-0.1, -0.05) is 29.8 Å². The van der Waals surface area contributed by atoms with Crippen LogP contribution in [0.15, 0.2) is 36.4 Å². The zero-order chi connectivity index (χ0) is 22.3. The number of likely N-dealkylation sites (N-methyl/N-ethyl adjacent to an activating group) is 1. The van der Waals surface area contributed by atoms with Crippen LogP contribution in [0.2, 0.25) is 0 Å². The van der Waals surface area contributed by atoms with Gasteiger partial charge in [0.05, 0.1) is 31.3 Å². The lowest BCUT2D eigenvalue weighted by Crippen LogP contribution is -2.42. The Bertz CT molecular complexity index is 945. The molecule has 0 unspecified atom stereocenters. The first kappa shape index (κ1) is 23.0. The van der Waals surface area contributed by atoms with Crippen molar-refractivity contribution in [3.63, 3.8) is 0 Å². The quantitative estimate of drug-likeness (QED) is 0.722. The number of nitrogens with zero attached hydrogens (tertiary/aromatic N) is 3. The number of nitrogens with one attached hydrogen (secondary N) is 1. The lowest BCUT2D eigenvalue weighted by molar-refractivity contribution is -0.121. The summed E-state index contributed by atoms with van der Waals surface area (Å²) < 4.78 is 14.2. The maximum Gasteiger partial charge on any atom is 0.241 e. The molecule has 0 atom stereocenters. The number of anilines is 2. The van der Waals surface area contributed by atoms with E-state index in [9.17, 15) is 14.0 Å². The van der Waals surface area contributed by atoms with Crippen LogP contribution in [0.3, 0.4) is 0 Å². The summed E-state index contributed by atoms with van der Waals surface area (Å²) in [6.07, 6.45) is 0.0796. The van der Waals surface area contributed by atoms with E-state index in [1.54, 1.807) is 18.0 Å². The molecule has 0 aliphatic rings. The van der Waals surface area contributed by atoms with Crippen LogP contribution < -0.4 is 10.2 Å². The van der Waals surface area contributed by atoms with Gasteiger partial charge in [0, 0.05) is 12.2 Å². The topological polar surface area (TPSA) is 76.4 Å². The number of halogens is 1. The van der Waals surface area contributed by atoms with Crippen LogP contribution >= 0.6 is 0 Å². The fourth-order valence-electron chi connectivity index (χ4n) is 3.39. The van der Waals surface area contributed by atoms with E-state index < -0.39 is 5.82 Å². The molecule has 0 aromatic heterocycles. The molecule has 2 rings (SSSR count). The van der Waals surface area contributed by atoms with Crippen molar-refractivity contribution in [2.75, 3.05) is 36.9 Å². The fourth-order valence-corrected chi connectivity index (χ4v) is 3.39. The normalized spacial score (nSPS) is 10.6. The minimum atomic E-state index is -0.533. The molecule has 0 bridgehead atoms. The number of carbonyl (C=O) groups is 2. The standard InChI is InChI=1S/C23H27FN4O2/c1-16-12-17(2)23(18(3)13-16)26-21(29)14-27(4)15-22(30)28(11-7-10-25)20-9-6-5-8-19(20)24/h5-6,8-9,12-13H,7,11,14-15H2,1-4H3,(H,26,29). The molecule has 0 aliphatic heterocycles. The molecule has 0 saturated heterocycles. The molecular weight excluding hydrogens is 383 g/mol. The maximum absolute atomic E-state index is 14.2. The number of rotatable bonds is 8. The first-order valence-corrected chi connectivity index (χ1v) is 9.71. The molecule has 0 heterocycles. The molecule has 0 spiro atoms. The molecule has 0 fully saturated rings. The largest absolute Gasteiger partial charge is 0.324 e. The van der Waals surface area contributed by atoms with Crippen LogP contribution in [0.4, 0.5) is 15.8 Å². The summed E-state index contributed by atoms with van der Waals surface area (Å²) in [5.41, 5.74) is 3.97. The van der Waals surface area contributed by atoms with Gasteiger partial charge in [0.15, 0.2) is 0 Å². The first-order chi connectivity index (χ1) is 14.2. The zero-order valence-corrected chi connectivity index (χ0v) is 17.8. The van der Waals surface area contributed by atoms with E-state index in [4.69, 9.17) is 5.26 Å². The highest BCUT2D eigenvalue weighted by atomic mass is 19.1. The van der Waals surface area contributed by atoms with Crippen LogP contribution in [0.5, 0.6) is 0 Å². The van der Waals surface area contributed by atoms with Gasteiger partial charge in [-0.15, -0.1) is 0 Å². The van der Waals surface area contributed by atoms with Gasteiger partial charge < -0.3 is 10.2 Å². The Balaban J connectivity index is 2.04. The van der Waals surface area contributed by atoms with Crippen molar-refractivity contribution in [2.24, 2.45) is 0 Å². The van der Waals surface area contributed by atoms with Crippen molar-refractivity contribution < 1.29 is 14.0 Å². The van der Waals surface area contributed by atoms with Crippen LogP contribution in [-0.4, -0.2) is 43.4 Å². The predicted octanol–water partition coefficient (Wildman–Crippen LogP) is 3.57. The smallest absolute Gasteiger partial charge is 0.241 e. The summed E-state index contributed by atoms with van der Waals surface area (Å²) in [7, 11) is 1.65. The number of hydrogen-bond acceptors (Lipinski definition) is 4. The summed E-state index contributed by atoms with van der Waals surface area (Å²) in [5.74, 6) is -1.15. The van der Waals surface area contributed by atoms with Crippen molar-refractivity contribution in [1.29, 1.82) is 5.26 Å². The number of amides is 2. The van der Waals surface area contributed by atoms with Crippen molar-refractivity contribution in [2.45, 2.75) is 27.2 Å². The number of carbonyl (C=O) groups excluding carboxylic acids is 2. The lowest BCUT2D eigenvalue weighted by atomic mass is 10.1.